The lowest BCUT2D eigenvalue weighted by Crippen LogP contribution is -2.15. The number of hydrogen-bond acceptors (Lipinski definition) is 4. The molecule has 108 valence electrons. The minimum absolute atomic E-state index is 0.158. The van der Waals surface area contributed by atoms with Crippen LogP contribution < -0.4 is 5.32 Å². The van der Waals surface area contributed by atoms with Crippen molar-refractivity contribution in [1.82, 2.24) is 10.3 Å². The molecule has 1 atom stereocenters. The summed E-state index contributed by atoms with van der Waals surface area (Å²) in [6.07, 6.45) is 4.88. The van der Waals surface area contributed by atoms with E-state index >= 15 is 0 Å². The van der Waals surface area contributed by atoms with E-state index < -0.39 is 0 Å². The van der Waals surface area contributed by atoms with E-state index in [1.807, 2.05) is 11.3 Å². The van der Waals surface area contributed by atoms with Crippen LogP contribution in [0.4, 0.5) is 0 Å². The van der Waals surface area contributed by atoms with Crippen LogP contribution in [0.5, 0.6) is 0 Å². The molecule has 4 heteroatoms. The fourth-order valence-electron chi connectivity index (χ4n) is 2.19. The number of aromatic nitrogens is 1. The third-order valence-corrected chi connectivity index (χ3v) is 4.65. The van der Waals surface area contributed by atoms with E-state index in [-0.39, 0.29) is 6.10 Å². The fourth-order valence-corrected chi connectivity index (χ4v) is 3.40. The summed E-state index contributed by atoms with van der Waals surface area (Å²) in [5.41, 5.74) is 1.28. The summed E-state index contributed by atoms with van der Waals surface area (Å²) in [5, 5.41) is 4.75. The molecule has 1 N–H and O–H groups in total. The Balaban J connectivity index is 2.11. The van der Waals surface area contributed by atoms with Crippen LogP contribution >= 0.6 is 11.3 Å². The van der Waals surface area contributed by atoms with Gasteiger partial charge in [-0.15, -0.1) is 11.3 Å². The smallest absolute Gasteiger partial charge is 0.122 e. The van der Waals surface area contributed by atoms with Crippen molar-refractivity contribution in [2.24, 2.45) is 5.92 Å². The fraction of sp³-hybridized carbons (Fsp3) is 0.800. The first-order valence-electron chi connectivity index (χ1n) is 7.38. The predicted octanol–water partition coefficient (Wildman–Crippen LogP) is 3.69. The first-order valence-corrected chi connectivity index (χ1v) is 8.20. The molecule has 0 saturated heterocycles. The van der Waals surface area contributed by atoms with Gasteiger partial charge in [-0.2, -0.15) is 0 Å². The van der Waals surface area contributed by atoms with Crippen LogP contribution in [0.1, 0.15) is 61.7 Å². The highest BCUT2D eigenvalue weighted by atomic mass is 32.1. The van der Waals surface area contributed by atoms with Gasteiger partial charge in [-0.05, 0) is 31.6 Å². The second-order valence-corrected chi connectivity index (χ2v) is 6.92. The Morgan fingerprint density at radius 3 is 2.68 bits per heavy atom. The molecule has 0 aromatic carbocycles. The van der Waals surface area contributed by atoms with Crippen LogP contribution in [0, 0.1) is 5.92 Å². The molecule has 1 saturated carbocycles. The maximum Gasteiger partial charge on any atom is 0.122 e. The number of rotatable bonds is 8. The number of nitrogens with zero attached hydrogens (tertiary/aromatic N) is 1. The molecule has 0 amide bonds. The van der Waals surface area contributed by atoms with Gasteiger partial charge in [0.1, 0.15) is 11.1 Å². The molecule has 1 fully saturated rings. The summed E-state index contributed by atoms with van der Waals surface area (Å²) >= 11 is 1.83. The van der Waals surface area contributed by atoms with Crippen molar-refractivity contribution in [3.05, 3.63) is 15.6 Å². The van der Waals surface area contributed by atoms with E-state index in [1.54, 1.807) is 7.11 Å². The number of hydrogen-bond donors (Lipinski definition) is 1. The minimum Gasteiger partial charge on any atom is -0.374 e. The van der Waals surface area contributed by atoms with Crippen LogP contribution in [0.25, 0.3) is 0 Å². The minimum atomic E-state index is 0.158. The second-order valence-electron chi connectivity index (χ2n) is 5.81. The molecule has 1 aliphatic rings. The summed E-state index contributed by atoms with van der Waals surface area (Å²) in [6, 6.07) is 0.752. The van der Waals surface area contributed by atoms with E-state index in [2.05, 4.69) is 26.1 Å². The number of methoxy groups -OCH3 is 1. The Hall–Kier alpha value is -0.450. The Bertz CT molecular complexity index is 395. The number of ether oxygens (including phenoxy) is 1. The maximum absolute atomic E-state index is 5.52. The molecular formula is C15H26N2OS. The lowest BCUT2D eigenvalue weighted by Gasteiger charge is -2.08. The Kier molecular flexibility index (Phi) is 5.37. The van der Waals surface area contributed by atoms with Crippen molar-refractivity contribution in [2.45, 2.75) is 65.1 Å². The summed E-state index contributed by atoms with van der Waals surface area (Å²) in [7, 11) is 1.78. The monoisotopic (exact) mass is 282 g/mol. The van der Waals surface area contributed by atoms with Gasteiger partial charge >= 0.3 is 0 Å². The third-order valence-electron chi connectivity index (χ3n) is 3.46. The van der Waals surface area contributed by atoms with Gasteiger partial charge in [-0.3, -0.25) is 0 Å². The van der Waals surface area contributed by atoms with Crippen molar-refractivity contribution >= 4 is 11.3 Å². The first kappa shape index (κ1) is 14.9. The summed E-state index contributed by atoms with van der Waals surface area (Å²) < 4.78 is 5.52. The second kappa shape index (κ2) is 6.82. The van der Waals surface area contributed by atoms with Crippen molar-refractivity contribution in [1.29, 1.82) is 0 Å². The molecule has 1 heterocycles. The molecule has 2 rings (SSSR count). The van der Waals surface area contributed by atoms with E-state index in [0.29, 0.717) is 5.92 Å². The van der Waals surface area contributed by atoms with E-state index in [9.17, 15) is 0 Å². The van der Waals surface area contributed by atoms with Gasteiger partial charge in [-0.25, -0.2) is 4.98 Å². The van der Waals surface area contributed by atoms with Crippen LogP contribution in [-0.4, -0.2) is 18.1 Å². The first-order chi connectivity index (χ1) is 9.13. The van der Waals surface area contributed by atoms with Gasteiger partial charge in [0.15, 0.2) is 0 Å². The summed E-state index contributed by atoms with van der Waals surface area (Å²) in [4.78, 5) is 6.25. The summed E-state index contributed by atoms with van der Waals surface area (Å²) in [5.74, 6) is 0.650. The van der Waals surface area contributed by atoms with Gasteiger partial charge in [0.2, 0.25) is 0 Å². The lowest BCUT2D eigenvalue weighted by molar-refractivity contribution is 0.0996. The average molecular weight is 282 g/mol. The van der Waals surface area contributed by atoms with Crippen molar-refractivity contribution in [2.75, 3.05) is 7.11 Å². The number of thiazole rings is 1. The zero-order valence-electron chi connectivity index (χ0n) is 12.5. The highest BCUT2D eigenvalue weighted by Crippen LogP contribution is 2.30. The highest BCUT2D eigenvalue weighted by Gasteiger charge is 2.23. The topological polar surface area (TPSA) is 34.1 Å². The van der Waals surface area contributed by atoms with E-state index in [0.717, 1.165) is 30.4 Å². The zero-order valence-corrected chi connectivity index (χ0v) is 13.3. The zero-order chi connectivity index (χ0) is 13.8. The number of nitrogens with one attached hydrogen (secondary N) is 1. The van der Waals surface area contributed by atoms with Gasteiger partial charge < -0.3 is 10.1 Å². The summed E-state index contributed by atoms with van der Waals surface area (Å²) in [6.45, 7) is 7.64. The molecule has 0 spiro atoms. The Morgan fingerprint density at radius 2 is 2.16 bits per heavy atom. The predicted molar refractivity (Wildman–Crippen MR) is 80.6 cm³/mol. The van der Waals surface area contributed by atoms with Crippen molar-refractivity contribution < 1.29 is 4.74 Å². The standard InChI is InChI=1S/C15H26N2OS/c1-5-13(18-4)15-17-12(8-10(2)3)14(19-15)9-16-11-6-7-11/h10-11,13,16H,5-9H2,1-4H3. The molecule has 3 nitrogen and oxygen atoms in total. The molecule has 0 aliphatic heterocycles. The van der Waals surface area contributed by atoms with Gasteiger partial charge in [-0.1, -0.05) is 20.8 Å². The maximum atomic E-state index is 5.52. The third kappa shape index (κ3) is 4.26. The van der Waals surface area contributed by atoms with Crippen molar-refractivity contribution in [3.63, 3.8) is 0 Å². The van der Waals surface area contributed by atoms with Crippen molar-refractivity contribution in [3.8, 4) is 0 Å². The molecule has 19 heavy (non-hydrogen) atoms. The molecule has 1 unspecified atom stereocenters. The lowest BCUT2D eigenvalue weighted by atomic mass is 10.1. The van der Waals surface area contributed by atoms with Crippen LogP contribution in [0.15, 0.2) is 0 Å². The molecule has 1 aliphatic carbocycles. The SMILES string of the molecule is CCC(OC)c1nc(CC(C)C)c(CNC2CC2)s1. The molecular weight excluding hydrogens is 256 g/mol. The largest absolute Gasteiger partial charge is 0.374 e. The van der Waals surface area contributed by atoms with E-state index in [1.165, 1.54) is 23.4 Å². The highest BCUT2D eigenvalue weighted by molar-refractivity contribution is 7.11. The van der Waals surface area contributed by atoms with Crippen LogP contribution in [-0.2, 0) is 17.7 Å². The molecule has 0 bridgehead atoms. The van der Waals surface area contributed by atoms with Gasteiger partial charge in [0.05, 0.1) is 5.69 Å². The Morgan fingerprint density at radius 1 is 1.42 bits per heavy atom. The quantitative estimate of drug-likeness (QED) is 0.789. The Labute approximate surface area is 120 Å². The van der Waals surface area contributed by atoms with Gasteiger partial charge in [0.25, 0.3) is 0 Å². The molecule has 1 aromatic heterocycles. The van der Waals surface area contributed by atoms with Crippen LogP contribution in [0.2, 0.25) is 0 Å². The van der Waals surface area contributed by atoms with E-state index in [4.69, 9.17) is 9.72 Å². The van der Waals surface area contributed by atoms with Gasteiger partial charge in [0, 0.05) is 24.6 Å². The normalized spacial score (nSPS) is 17.1. The average Bonchev–Trinajstić information content (AvgIpc) is 3.11. The van der Waals surface area contributed by atoms with Crippen LogP contribution in [0.3, 0.4) is 0 Å². The molecule has 0 radical (unpaired) electrons. The molecule has 1 aromatic rings.